The molecule has 3 N–H and O–H groups in total. The van der Waals surface area contributed by atoms with Crippen LogP contribution >= 0.6 is 0 Å². The van der Waals surface area contributed by atoms with Crippen molar-refractivity contribution in [1.82, 2.24) is 4.98 Å². The Bertz CT molecular complexity index is 572. The SMILES string of the molecule is Nc1cncc(Nc2ccc3c(c2)OCCO3)c1. The molecule has 0 bridgehead atoms. The van der Waals surface area contributed by atoms with Gasteiger partial charge in [0.25, 0.3) is 0 Å². The second kappa shape index (κ2) is 4.44. The van der Waals surface area contributed by atoms with Crippen LogP contribution in [0.25, 0.3) is 0 Å². The molecule has 0 saturated heterocycles. The fraction of sp³-hybridized carbons (Fsp3) is 0.154. The van der Waals surface area contributed by atoms with E-state index in [0.29, 0.717) is 18.9 Å². The summed E-state index contributed by atoms with van der Waals surface area (Å²) >= 11 is 0. The Kier molecular flexibility index (Phi) is 2.64. The van der Waals surface area contributed by atoms with Crippen LogP contribution < -0.4 is 20.5 Å². The van der Waals surface area contributed by atoms with Gasteiger partial charge >= 0.3 is 0 Å². The second-order valence-corrected chi connectivity index (χ2v) is 3.99. The minimum absolute atomic E-state index is 0.580. The van der Waals surface area contributed by atoms with Gasteiger partial charge in [-0.2, -0.15) is 0 Å². The summed E-state index contributed by atoms with van der Waals surface area (Å²) in [4.78, 5) is 4.02. The highest BCUT2D eigenvalue weighted by molar-refractivity contribution is 5.65. The maximum absolute atomic E-state index is 5.68. The molecule has 5 heteroatoms. The summed E-state index contributed by atoms with van der Waals surface area (Å²) in [7, 11) is 0. The van der Waals surface area contributed by atoms with E-state index in [4.69, 9.17) is 15.2 Å². The fourth-order valence-electron chi connectivity index (χ4n) is 1.81. The third kappa shape index (κ3) is 2.15. The number of fused-ring (bicyclic) bond motifs is 1. The summed E-state index contributed by atoms with van der Waals surface area (Å²) in [6.45, 7) is 1.18. The van der Waals surface area contributed by atoms with E-state index in [0.717, 1.165) is 22.9 Å². The summed E-state index contributed by atoms with van der Waals surface area (Å²) in [5.41, 5.74) is 8.05. The lowest BCUT2D eigenvalue weighted by Crippen LogP contribution is -2.15. The van der Waals surface area contributed by atoms with Crippen molar-refractivity contribution in [3.05, 3.63) is 36.7 Å². The average Bonchev–Trinajstić information content (AvgIpc) is 2.39. The zero-order valence-electron chi connectivity index (χ0n) is 9.72. The highest BCUT2D eigenvalue weighted by Gasteiger charge is 2.11. The number of nitrogens with zero attached hydrogens (tertiary/aromatic N) is 1. The zero-order chi connectivity index (χ0) is 12.4. The molecular weight excluding hydrogens is 230 g/mol. The quantitative estimate of drug-likeness (QED) is 0.846. The topological polar surface area (TPSA) is 69.4 Å². The van der Waals surface area contributed by atoms with Crippen LogP contribution in [0, 0.1) is 0 Å². The molecule has 0 radical (unpaired) electrons. The van der Waals surface area contributed by atoms with E-state index >= 15 is 0 Å². The van der Waals surface area contributed by atoms with Crippen LogP contribution in [0.1, 0.15) is 0 Å². The molecule has 18 heavy (non-hydrogen) atoms. The number of benzene rings is 1. The summed E-state index contributed by atoms with van der Waals surface area (Å²) in [5, 5.41) is 3.22. The monoisotopic (exact) mass is 243 g/mol. The van der Waals surface area contributed by atoms with Gasteiger partial charge in [-0.15, -0.1) is 0 Å². The minimum atomic E-state index is 0.580. The number of anilines is 3. The number of rotatable bonds is 2. The number of pyridine rings is 1. The maximum atomic E-state index is 5.68. The van der Waals surface area contributed by atoms with Crippen molar-refractivity contribution in [3.8, 4) is 11.5 Å². The van der Waals surface area contributed by atoms with E-state index in [2.05, 4.69) is 10.3 Å². The van der Waals surface area contributed by atoms with Crippen molar-refractivity contribution in [2.24, 2.45) is 0 Å². The number of hydrogen-bond acceptors (Lipinski definition) is 5. The third-order valence-corrected chi connectivity index (χ3v) is 2.59. The molecule has 0 fully saturated rings. The largest absolute Gasteiger partial charge is 0.486 e. The van der Waals surface area contributed by atoms with Crippen molar-refractivity contribution in [2.75, 3.05) is 24.3 Å². The molecule has 92 valence electrons. The molecule has 0 saturated carbocycles. The first kappa shape index (κ1) is 10.7. The number of ether oxygens (including phenoxy) is 2. The Hall–Kier alpha value is -2.43. The van der Waals surface area contributed by atoms with Gasteiger partial charge in [0.05, 0.1) is 17.6 Å². The first-order valence-corrected chi connectivity index (χ1v) is 5.68. The van der Waals surface area contributed by atoms with Crippen molar-refractivity contribution in [2.45, 2.75) is 0 Å². The maximum Gasteiger partial charge on any atom is 0.163 e. The van der Waals surface area contributed by atoms with Crippen LogP contribution in [0.3, 0.4) is 0 Å². The van der Waals surface area contributed by atoms with E-state index in [1.54, 1.807) is 12.4 Å². The molecule has 0 spiro atoms. The van der Waals surface area contributed by atoms with Gasteiger partial charge in [0, 0.05) is 18.0 Å². The first-order chi connectivity index (χ1) is 8.81. The number of hydrogen-bond donors (Lipinski definition) is 2. The molecule has 0 atom stereocenters. The van der Waals surface area contributed by atoms with E-state index in [1.165, 1.54) is 0 Å². The number of nitrogens with two attached hydrogens (primary N) is 1. The van der Waals surface area contributed by atoms with Gasteiger partial charge in [-0.25, -0.2) is 0 Å². The molecule has 1 aliphatic rings. The lowest BCUT2D eigenvalue weighted by molar-refractivity contribution is 0.171. The van der Waals surface area contributed by atoms with Gasteiger partial charge in [0.2, 0.25) is 0 Å². The Balaban J connectivity index is 1.85. The summed E-state index contributed by atoms with van der Waals surface area (Å²) in [5.74, 6) is 1.53. The summed E-state index contributed by atoms with van der Waals surface area (Å²) in [6.07, 6.45) is 3.32. The first-order valence-electron chi connectivity index (χ1n) is 5.68. The standard InChI is InChI=1S/C13H13N3O2/c14-9-5-11(8-15-7-9)16-10-1-2-12-13(6-10)18-4-3-17-12/h1-2,5-8,16H,3-4,14H2. The van der Waals surface area contributed by atoms with Crippen molar-refractivity contribution in [1.29, 1.82) is 0 Å². The molecule has 1 aromatic carbocycles. The zero-order valence-corrected chi connectivity index (χ0v) is 9.72. The Labute approximate surface area is 105 Å². The van der Waals surface area contributed by atoms with E-state index in [1.807, 2.05) is 24.3 Å². The fourth-order valence-corrected chi connectivity index (χ4v) is 1.81. The molecule has 1 aliphatic heterocycles. The number of aromatic nitrogens is 1. The van der Waals surface area contributed by atoms with Crippen LogP contribution in [0.2, 0.25) is 0 Å². The highest BCUT2D eigenvalue weighted by atomic mass is 16.6. The Morgan fingerprint density at radius 3 is 2.67 bits per heavy atom. The Morgan fingerprint density at radius 1 is 1.00 bits per heavy atom. The second-order valence-electron chi connectivity index (χ2n) is 3.99. The van der Waals surface area contributed by atoms with E-state index < -0.39 is 0 Å². The van der Waals surface area contributed by atoms with E-state index in [-0.39, 0.29) is 0 Å². The number of nitrogen functional groups attached to an aromatic ring is 1. The average molecular weight is 243 g/mol. The smallest absolute Gasteiger partial charge is 0.163 e. The minimum Gasteiger partial charge on any atom is -0.486 e. The lowest BCUT2D eigenvalue weighted by Gasteiger charge is -2.19. The molecule has 0 unspecified atom stereocenters. The summed E-state index contributed by atoms with van der Waals surface area (Å²) in [6, 6.07) is 7.54. The molecule has 3 rings (SSSR count). The van der Waals surface area contributed by atoms with Gasteiger partial charge < -0.3 is 20.5 Å². The molecule has 0 aliphatic carbocycles. The van der Waals surface area contributed by atoms with Crippen molar-refractivity contribution in [3.63, 3.8) is 0 Å². The molecule has 2 aromatic rings. The predicted molar refractivity (Wildman–Crippen MR) is 69.4 cm³/mol. The lowest BCUT2D eigenvalue weighted by atomic mass is 10.2. The molecule has 2 heterocycles. The van der Waals surface area contributed by atoms with Crippen LogP contribution in [0.4, 0.5) is 17.1 Å². The van der Waals surface area contributed by atoms with Crippen molar-refractivity contribution < 1.29 is 9.47 Å². The highest BCUT2D eigenvalue weighted by Crippen LogP contribution is 2.33. The van der Waals surface area contributed by atoms with Gasteiger partial charge in [0.1, 0.15) is 13.2 Å². The Morgan fingerprint density at radius 2 is 1.83 bits per heavy atom. The summed E-state index contributed by atoms with van der Waals surface area (Å²) < 4.78 is 11.0. The third-order valence-electron chi connectivity index (χ3n) is 2.59. The molecule has 5 nitrogen and oxygen atoms in total. The van der Waals surface area contributed by atoms with Gasteiger partial charge in [-0.05, 0) is 18.2 Å². The molecule has 0 amide bonds. The van der Waals surface area contributed by atoms with Gasteiger partial charge in [0.15, 0.2) is 11.5 Å². The van der Waals surface area contributed by atoms with Crippen LogP contribution in [0.5, 0.6) is 11.5 Å². The van der Waals surface area contributed by atoms with Gasteiger partial charge in [-0.1, -0.05) is 0 Å². The van der Waals surface area contributed by atoms with Crippen LogP contribution in [-0.4, -0.2) is 18.2 Å². The van der Waals surface area contributed by atoms with Crippen LogP contribution in [0.15, 0.2) is 36.7 Å². The van der Waals surface area contributed by atoms with Gasteiger partial charge in [-0.3, -0.25) is 4.98 Å². The normalized spacial score (nSPS) is 13.1. The van der Waals surface area contributed by atoms with E-state index in [9.17, 15) is 0 Å². The molecular formula is C13H13N3O2. The number of nitrogens with one attached hydrogen (secondary N) is 1. The molecule has 1 aromatic heterocycles. The van der Waals surface area contributed by atoms with Crippen molar-refractivity contribution >= 4 is 17.1 Å². The van der Waals surface area contributed by atoms with Crippen LogP contribution in [-0.2, 0) is 0 Å². The predicted octanol–water partition coefficient (Wildman–Crippen LogP) is 2.18.